The molecule has 3 heterocycles. The van der Waals surface area contributed by atoms with E-state index in [0.29, 0.717) is 12.1 Å². The average Bonchev–Trinajstić information content (AvgIpc) is 3.31. The first-order chi connectivity index (χ1) is 15.9. The number of oxime groups is 1. The monoisotopic (exact) mass is 506 g/mol. The number of hydrogen-bond acceptors (Lipinski definition) is 7. The minimum atomic E-state index is -3.88. The molecule has 2 aliphatic heterocycles. The molecular formula is C20H19F5N4O4S. The topological polar surface area (TPSA) is 93.1 Å². The van der Waals surface area contributed by atoms with E-state index in [2.05, 4.69) is 10.1 Å². The molecule has 1 aromatic carbocycles. The van der Waals surface area contributed by atoms with Gasteiger partial charge in [-0.25, -0.2) is 35.1 Å². The molecule has 34 heavy (non-hydrogen) atoms. The van der Waals surface area contributed by atoms with Crippen molar-refractivity contribution >= 4 is 15.9 Å². The Morgan fingerprint density at radius 2 is 1.88 bits per heavy atom. The summed E-state index contributed by atoms with van der Waals surface area (Å²) < 4.78 is 101. The fraction of sp³-hybridized carbons (Fsp3) is 0.400. The van der Waals surface area contributed by atoms with E-state index in [1.54, 1.807) is 0 Å². The number of nitrogens with zero attached hydrogens (tertiary/aromatic N) is 3. The van der Waals surface area contributed by atoms with Crippen LogP contribution in [-0.4, -0.2) is 62.6 Å². The Hall–Kier alpha value is -3.00. The number of benzene rings is 1. The number of nitrogens with one attached hydrogen (secondary N) is 1. The summed E-state index contributed by atoms with van der Waals surface area (Å²) in [4.78, 5) is 10.7. The summed E-state index contributed by atoms with van der Waals surface area (Å²) in [6, 6.07) is 0.654. The molecule has 2 atom stereocenters. The highest BCUT2D eigenvalue weighted by molar-refractivity contribution is 7.88. The lowest BCUT2D eigenvalue weighted by atomic mass is 9.98. The Kier molecular flexibility index (Phi) is 6.14. The summed E-state index contributed by atoms with van der Waals surface area (Å²) in [7, 11) is -2.56. The number of likely N-dealkylation sites (tertiary alicyclic amines) is 1. The van der Waals surface area contributed by atoms with Gasteiger partial charge in [-0.2, -0.15) is 0 Å². The lowest BCUT2D eigenvalue weighted by Gasteiger charge is -2.17. The van der Waals surface area contributed by atoms with Crippen molar-refractivity contribution in [2.75, 3.05) is 26.5 Å². The largest absolute Gasteiger partial charge is 0.495 e. The molecule has 0 radical (unpaired) electrons. The van der Waals surface area contributed by atoms with Gasteiger partial charge in [0, 0.05) is 24.2 Å². The van der Waals surface area contributed by atoms with Gasteiger partial charge >= 0.3 is 0 Å². The molecule has 1 aromatic heterocycles. The normalized spacial score (nSPS) is 22.0. The second-order valence-corrected chi connectivity index (χ2v) is 9.72. The Balaban J connectivity index is 1.61. The second kappa shape index (κ2) is 8.65. The van der Waals surface area contributed by atoms with Crippen LogP contribution in [-0.2, 0) is 14.9 Å². The van der Waals surface area contributed by atoms with Crippen molar-refractivity contribution < 1.29 is 39.9 Å². The van der Waals surface area contributed by atoms with Crippen LogP contribution in [0.15, 0.2) is 29.6 Å². The fourth-order valence-corrected chi connectivity index (χ4v) is 4.65. The van der Waals surface area contributed by atoms with Crippen LogP contribution in [0.4, 0.5) is 22.0 Å². The Morgan fingerprint density at radius 1 is 1.21 bits per heavy atom. The van der Waals surface area contributed by atoms with E-state index in [1.807, 2.05) is 4.72 Å². The van der Waals surface area contributed by atoms with Gasteiger partial charge in [-0.15, -0.1) is 0 Å². The molecule has 1 N–H and O–H groups in total. The fourth-order valence-electron chi connectivity index (χ4n) is 3.88. The van der Waals surface area contributed by atoms with Gasteiger partial charge in [0.2, 0.25) is 10.0 Å². The molecule has 0 unspecified atom stereocenters. The predicted molar refractivity (Wildman–Crippen MR) is 110 cm³/mol. The molecule has 8 nitrogen and oxygen atoms in total. The number of rotatable bonds is 5. The number of alkyl halides is 2. The van der Waals surface area contributed by atoms with Crippen molar-refractivity contribution in [2.24, 2.45) is 5.16 Å². The van der Waals surface area contributed by atoms with Crippen molar-refractivity contribution in [3.63, 3.8) is 0 Å². The maximum Gasteiger partial charge on any atom is 0.282 e. The van der Waals surface area contributed by atoms with Crippen molar-refractivity contribution in [1.29, 1.82) is 0 Å². The van der Waals surface area contributed by atoms with E-state index in [0.717, 1.165) is 6.26 Å². The molecule has 2 aliphatic rings. The summed E-state index contributed by atoms with van der Waals surface area (Å²) in [6.45, 7) is -1.17. The number of aromatic nitrogens is 1. The molecular weight excluding hydrogens is 487 g/mol. The summed E-state index contributed by atoms with van der Waals surface area (Å²) in [6.07, 6.45) is 0.964. The standard InChI is InChI=1S/C20H19F5N4O4S/c1-32-11-5-12(18-13(22)3-10(21)4-14(18)23)19(26-7-11)15-6-17(27-33-15)29-8-16(20(24,25)9-29)28-34(2,30)31/h3-5,7,15-16,28H,6,8-9H2,1-2H3/t15-,16+/m0/s1. The first kappa shape index (κ1) is 24.1. The summed E-state index contributed by atoms with van der Waals surface area (Å²) >= 11 is 0. The molecule has 0 bridgehead atoms. The first-order valence-electron chi connectivity index (χ1n) is 9.89. The van der Waals surface area contributed by atoms with Gasteiger partial charge in [0.1, 0.15) is 35.1 Å². The van der Waals surface area contributed by atoms with Crippen LogP contribution < -0.4 is 9.46 Å². The van der Waals surface area contributed by atoms with Crippen molar-refractivity contribution in [3.05, 3.63) is 47.5 Å². The lowest BCUT2D eigenvalue weighted by molar-refractivity contribution is -0.00123. The quantitative estimate of drug-likeness (QED) is 0.627. The van der Waals surface area contributed by atoms with Crippen LogP contribution >= 0.6 is 0 Å². The zero-order chi connectivity index (χ0) is 24.8. The van der Waals surface area contributed by atoms with E-state index >= 15 is 0 Å². The summed E-state index contributed by atoms with van der Waals surface area (Å²) in [5.74, 6) is -6.58. The molecule has 0 saturated carbocycles. The molecule has 4 rings (SSSR count). The smallest absolute Gasteiger partial charge is 0.282 e. The van der Waals surface area contributed by atoms with Crippen LogP contribution in [0.2, 0.25) is 0 Å². The van der Waals surface area contributed by atoms with Crippen molar-refractivity contribution in [2.45, 2.75) is 24.5 Å². The Morgan fingerprint density at radius 3 is 2.50 bits per heavy atom. The summed E-state index contributed by atoms with van der Waals surface area (Å²) in [5, 5.41) is 3.82. The Labute approximate surface area is 191 Å². The van der Waals surface area contributed by atoms with Crippen LogP contribution in [0.3, 0.4) is 0 Å². The van der Waals surface area contributed by atoms with Gasteiger partial charge < -0.3 is 14.5 Å². The zero-order valence-corrected chi connectivity index (χ0v) is 18.7. The molecule has 184 valence electrons. The number of sulfonamides is 1. The van der Waals surface area contributed by atoms with Gasteiger partial charge in [-0.1, -0.05) is 5.16 Å². The third-order valence-electron chi connectivity index (χ3n) is 5.40. The lowest BCUT2D eigenvalue weighted by Crippen LogP contribution is -2.46. The number of ether oxygens (including phenoxy) is 1. The molecule has 14 heteroatoms. The number of amidine groups is 1. The SMILES string of the molecule is COc1cnc([C@@H]2CC(N3C[C@@H](NS(C)(=O)=O)C(F)(F)C3)=NO2)c(-c2c(F)cc(F)cc2F)c1. The van der Waals surface area contributed by atoms with Gasteiger partial charge in [0.25, 0.3) is 5.92 Å². The van der Waals surface area contributed by atoms with Gasteiger partial charge in [-0.3, -0.25) is 4.98 Å². The highest BCUT2D eigenvalue weighted by Crippen LogP contribution is 2.39. The summed E-state index contributed by atoms with van der Waals surface area (Å²) in [5.41, 5.74) is -0.620. The third-order valence-corrected chi connectivity index (χ3v) is 6.11. The zero-order valence-electron chi connectivity index (χ0n) is 17.9. The number of halogens is 5. The molecule has 0 spiro atoms. The first-order valence-corrected chi connectivity index (χ1v) is 11.8. The minimum Gasteiger partial charge on any atom is -0.495 e. The van der Waals surface area contributed by atoms with E-state index in [9.17, 15) is 30.4 Å². The van der Waals surface area contributed by atoms with Gasteiger partial charge in [0.15, 0.2) is 6.10 Å². The maximum atomic E-state index is 14.5. The van der Waals surface area contributed by atoms with E-state index < -0.39 is 57.7 Å². The van der Waals surface area contributed by atoms with E-state index in [-0.39, 0.29) is 35.8 Å². The average molecular weight is 506 g/mol. The van der Waals surface area contributed by atoms with E-state index in [1.165, 1.54) is 24.3 Å². The molecule has 1 fully saturated rings. The maximum absolute atomic E-state index is 14.5. The van der Waals surface area contributed by atoms with Crippen molar-refractivity contribution in [3.8, 4) is 16.9 Å². The molecule has 0 aliphatic carbocycles. The molecule has 0 amide bonds. The van der Waals surface area contributed by atoms with E-state index in [4.69, 9.17) is 9.57 Å². The van der Waals surface area contributed by atoms with Crippen LogP contribution in [0.25, 0.3) is 11.1 Å². The van der Waals surface area contributed by atoms with Crippen molar-refractivity contribution in [1.82, 2.24) is 14.6 Å². The van der Waals surface area contributed by atoms with Crippen LogP contribution in [0.5, 0.6) is 5.75 Å². The van der Waals surface area contributed by atoms with Gasteiger partial charge in [0.05, 0.1) is 43.8 Å². The Bertz CT molecular complexity index is 1230. The second-order valence-electron chi connectivity index (χ2n) is 7.94. The van der Waals surface area contributed by atoms with Crippen LogP contribution in [0, 0.1) is 17.5 Å². The molecule has 1 saturated heterocycles. The highest BCUT2D eigenvalue weighted by Gasteiger charge is 2.51. The molecule has 2 aromatic rings. The van der Waals surface area contributed by atoms with Crippen LogP contribution in [0.1, 0.15) is 18.2 Å². The third kappa shape index (κ3) is 4.78. The predicted octanol–water partition coefficient (Wildman–Crippen LogP) is 2.82. The number of pyridine rings is 1. The minimum absolute atomic E-state index is 0.0285. The number of methoxy groups -OCH3 is 1. The van der Waals surface area contributed by atoms with Gasteiger partial charge in [-0.05, 0) is 6.07 Å². The highest BCUT2D eigenvalue weighted by atomic mass is 32.2. The number of hydrogen-bond donors (Lipinski definition) is 1.